The molecule has 0 spiro atoms. The SMILES string of the molecule is CC(=O)N[C@@H](Cc1ccc(F)cc1)C(=O)N[C@H](CCCc1ccccc1)C(=O)O. The first-order chi connectivity index (χ1) is 13.8. The highest BCUT2D eigenvalue weighted by atomic mass is 19.1. The van der Waals surface area contributed by atoms with Gasteiger partial charge in [0.15, 0.2) is 0 Å². The van der Waals surface area contributed by atoms with Crippen LogP contribution in [-0.4, -0.2) is 35.0 Å². The summed E-state index contributed by atoms with van der Waals surface area (Å²) in [5, 5.41) is 14.5. The van der Waals surface area contributed by atoms with Crippen LogP contribution in [0.2, 0.25) is 0 Å². The minimum atomic E-state index is -1.13. The summed E-state index contributed by atoms with van der Waals surface area (Å²) in [6.07, 6.45) is 1.68. The first kappa shape index (κ1) is 22.1. The Labute approximate surface area is 169 Å². The molecule has 0 saturated carbocycles. The number of benzene rings is 2. The third kappa shape index (κ3) is 7.73. The molecule has 154 valence electrons. The van der Waals surface area contributed by atoms with Crippen molar-refractivity contribution in [2.45, 2.75) is 44.7 Å². The Kier molecular flexibility index (Phi) is 8.33. The van der Waals surface area contributed by atoms with Gasteiger partial charge in [-0.15, -0.1) is 0 Å². The standard InChI is InChI=1S/C22H25FN2O4/c1-15(26)24-20(14-17-10-12-18(23)13-11-17)21(27)25-19(22(28)29)9-5-8-16-6-3-2-4-7-16/h2-4,6-7,10-13,19-20H,5,8-9,14H2,1H3,(H,24,26)(H,25,27)(H,28,29)/t19-,20+/m1/s1. The van der Waals surface area contributed by atoms with E-state index in [1.807, 2.05) is 30.3 Å². The topological polar surface area (TPSA) is 95.5 Å². The zero-order chi connectivity index (χ0) is 21.2. The Hall–Kier alpha value is -3.22. The summed E-state index contributed by atoms with van der Waals surface area (Å²) in [7, 11) is 0. The van der Waals surface area contributed by atoms with Crippen LogP contribution in [0, 0.1) is 5.82 Å². The molecule has 0 aliphatic carbocycles. The summed E-state index contributed by atoms with van der Waals surface area (Å²) >= 11 is 0. The lowest BCUT2D eigenvalue weighted by Gasteiger charge is -2.21. The van der Waals surface area contributed by atoms with Gasteiger partial charge in [0, 0.05) is 13.3 Å². The first-order valence-corrected chi connectivity index (χ1v) is 9.44. The monoisotopic (exact) mass is 400 g/mol. The second-order valence-electron chi connectivity index (χ2n) is 6.86. The van der Waals surface area contributed by atoms with E-state index in [0.29, 0.717) is 18.4 Å². The van der Waals surface area contributed by atoms with E-state index in [-0.39, 0.29) is 12.8 Å². The maximum absolute atomic E-state index is 13.1. The molecule has 2 aromatic rings. The number of rotatable bonds is 10. The van der Waals surface area contributed by atoms with Crippen molar-refractivity contribution in [3.63, 3.8) is 0 Å². The minimum absolute atomic E-state index is 0.127. The molecule has 0 unspecified atom stereocenters. The third-order valence-electron chi connectivity index (χ3n) is 4.46. The molecule has 2 rings (SSSR count). The van der Waals surface area contributed by atoms with Crippen molar-refractivity contribution in [3.8, 4) is 0 Å². The van der Waals surface area contributed by atoms with Gasteiger partial charge in [-0.25, -0.2) is 9.18 Å². The van der Waals surface area contributed by atoms with E-state index in [1.165, 1.54) is 31.2 Å². The van der Waals surface area contributed by atoms with Crippen molar-refractivity contribution in [1.82, 2.24) is 10.6 Å². The maximum atomic E-state index is 13.1. The van der Waals surface area contributed by atoms with Crippen LogP contribution in [0.1, 0.15) is 30.9 Å². The Morgan fingerprint density at radius 3 is 2.17 bits per heavy atom. The van der Waals surface area contributed by atoms with Crippen molar-refractivity contribution in [2.24, 2.45) is 0 Å². The van der Waals surface area contributed by atoms with Crippen molar-refractivity contribution in [3.05, 3.63) is 71.5 Å². The molecular weight excluding hydrogens is 375 g/mol. The van der Waals surface area contributed by atoms with E-state index in [9.17, 15) is 23.9 Å². The van der Waals surface area contributed by atoms with Crippen LogP contribution < -0.4 is 10.6 Å². The molecule has 2 aromatic carbocycles. The molecule has 0 bridgehead atoms. The zero-order valence-corrected chi connectivity index (χ0v) is 16.2. The number of nitrogens with one attached hydrogen (secondary N) is 2. The fourth-order valence-electron chi connectivity index (χ4n) is 3.00. The number of carboxylic acid groups (broad SMARTS) is 1. The van der Waals surface area contributed by atoms with Gasteiger partial charge in [0.25, 0.3) is 0 Å². The number of amides is 2. The quantitative estimate of drug-likeness (QED) is 0.571. The molecule has 0 saturated heterocycles. The Balaban J connectivity index is 1.98. The molecule has 0 aliphatic rings. The van der Waals surface area contributed by atoms with Gasteiger partial charge >= 0.3 is 5.97 Å². The number of carboxylic acids is 1. The van der Waals surface area contributed by atoms with Crippen LogP contribution in [0.3, 0.4) is 0 Å². The predicted octanol–water partition coefficient (Wildman–Crippen LogP) is 2.47. The summed E-state index contributed by atoms with van der Waals surface area (Å²) < 4.78 is 13.1. The number of aryl methyl sites for hydroxylation is 1. The summed E-state index contributed by atoms with van der Waals surface area (Å²) in [6, 6.07) is 13.2. The van der Waals surface area contributed by atoms with Crippen LogP contribution >= 0.6 is 0 Å². The molecule has 3 N–H and O–H groups in total. The molecule has 0 aliphatic heterocycles. The fraction of sp³-hybridized carbons (Fsp3) is 0.318. The van der Waals surface area contributed by atoms with E-state index in [0.717, 1.165) is 5.56 Å². The summed E-state index contributed by atoms with van der Waals surface area (Å²) in [4.78, 5) is 35.7. The third-order valence-corrected chi connectivity index (χ3v) is 4.46. The van der Waals surface area contributed by atoms with Gasteiger partial charge in [-0.05, 0) is 42.5 Å². The van der Waals surface area contributed by atoms with Gasteiger partial charge < -0.3 is 15.7 Å². The Morgan fingerprint density at radius 2 is 1.59 bits per heavy atom. The van der Waals surface area contributed by atoms with Gasteiger partial charge in [-0.2, -0.15) is 0 Å². The van der Waals surface area contributed by atoms with E-state index in [4.69, 9.17) is 0 Å². The number of carbonyl (C=O) groups excluding carboxylic acids is 2. The average molecular weight is 400 g/mol. The lowest BCUT2D eigenvalue weighted by molar-refractivity contribution is -0.142. The maximum Gasteiger partial charge on any atom is 0.326 e. The van der Waals surface area contributed by atoms with Gasteiger partial charge in [0.05, 0.1) is 0 Å². The van der Waals surface area contributed by atoms with Crippen molar-refractivity contribution >= 4 is 17.8 Å². The molecule has 6 nitrogen and oxygen atoms in total. The number of carbonyl (C=O) groups is 3. The van der Waals surface area contributed by atoms with Crippen LogP contribution in [-0.2, 0) is 27.2 Å². The van der Waals surface area contributed by atoms with Crippen molar-refractivity contribution < 1.29 is 23.9 Å². The Morgan fingerprint density at radius 1 is 0.931 bits per heavy atom. The largest absolute Gasteiger partial charge is 0.480 e. The summed E-state index contributed by atoms with van der Waals surface area (Å²) in [6.45, 7) is 1.28. The molecule has 2 amide bonds. The summed E-state index contributed by atoms with van der Waals surface area (Å²) in [5.41, 5.74) is 1.74. The van der Waals surface area contributed by atoms with Gasteiger partial charge in [-0.3, -0.25) is 9.59 Å². The van der Waals surface area contributed by atoms with E-state index >= 15 is 0 Å². The fourth-order valence-corrected chi connectivity index (χ4v) is 3.00. The molecule has 2 atom stereocenters. The molecule has 29 heavy (non-hydrogen) atoms. The number of hydrogen-bond donors (Lipinski definition) is 3. The molecule has 0 fully saturated rings. The van der Waals surface area contributed by atoms with Crippen LogP contribution in [0.5, 0.6) is 0 Å². The van der Waals surface area contributed by atoms with Gasteiger partial charge in [0.2, 0.25) is 11.8 Å². The number of halogens is 1. The van der Waals surface area contributed by atoms with Crippen LogP contribution in [0.4, 0.5) is 4.39 Å². The molecule has 0 radical (unpaired) electrons. The molecular formula is C22H25FN2O4. The Bertz CT molecular complexity index is 824. The van der Waals surface area contributed by atoms with Crippen molar-refractivity contribution in [1.29, 1.82) is 0 Å². The van der Waals surface area contributed by atoms with E-state index in [1.54, 1.807) is 0 Å². The number of hydrogen-bond acceptors (Lipinski definition) is 3. The van der Waals surface area contributed by atoms with Crippen LogP contribution in [0.25, 0.3) is 0 Å². The lowest BCUT2D eigenvalue weighted by Crippen LogP contribution is -2.52. The number of aliphatic carboxylic acids is 1. The van der Waals surface area contributed by atoms with E-state index in [2.05, 4.69) is 10.6 Å². The minimum Gasteiger partial charge on any atom is -0.480 e. The van der Waals surface area contributed by atoms with Gasteiger partial charge in [0.1, 0.15) is 17.9 Å². The lowest BCUT2D eigenvalue weighted by atomic mass is 10.0. The highest BCUT2D eigenvalue weighted by Crippen LogP contribution is 2.09. The molecule has 7 heteroatoms. The second-order valence-corrected chi connectivity index (χ2v) is 6.86. The normalized spacial score (nSPS) is 12.6. The zero-order valence-electron chi connectivity index (χ0n) is 16.2. The second kappa shape index (κ2) is 10.9. The summed E-state index contributed by atoms with van der Waals surface area (Å²) in [5.74, 6) is -2.53. The van der Waals surface area contributed by atoms with E-state index < -0.39 is 35.7 Å². The first-order valence-electron chi connectivity index (χ1n) is 9.44. The van der Waals surface area contributed by atoms with Crippen LogP contribution in [0.15, 0.2) is 54.6 Å². The average Bonchev–Trinajstić information content (AvgIpc) is 2.68. The smallest absolute Gasteiger partial charge is 0.326 e. The highest BCUT2D eigenvalue weighted by molar-refractivity contribution is 5.90. The van der Waals surface area contributed by atoms with Crippen molar-refractivity contribution in [2.75, 3.05) is 0 Å². The molecule has 0 aromatic heterocycles. The molecule has 0 heterocycles. The van der Waals surface area contributed by atoms with Gasteiger partial charge in [-0.1, -0.05) is 42.5 Å². The highest BCUT2D eigenvalue weighted by Gasteiger charge is 2.26. The predicted molar refractivity (Wildman–Crippen MR) is 107 cm³/mol.